The Hall–Kier alpha value is -1.28. The second-order valence-corrected chi connectivity index (χ2v) is 2.98. The van der Waals surface area contributed by atoms with Gasteiger partial charge in [-0.05, 0) is 37.1 Å². The number of hydrogen-bond acceptors (Lipinski definition) is 2. The highest BCUT2D eigenvalue weighted by molar-refractivity contribution is 5.51. The van der Waals surface area contributed by atoms with Gasteiger partial charge in [-0.3, -0.25) is 0 Å². The Labute approximate surface area is 85.2 Å². The number of hydrogen-bond donors (Lipinski definition) is 0. The third-order valence-electron chi connectivity index (χ3n) is 1.94. The Kier molecular flexibility index (Phi) is 4.20. The largest absolute Gasteiger partial charge is 0.467 e. The van der Waals surface area contributed by atoms with Crippen LogP contribution in [0.3, 0.4) is 0 Å². The molecule has 0 atom stereocenters. The van der Waals surface area contributed by atoms with Crippen molar-refractivity contribution in [1.82, 2.24) is 0 Å². The summed E-state index contributed by atoms with van der Waals surface area (Å²) >= 11 is 0. The summed E-state index contributed by atoms with van der Waals surface area (Å²) in [4.78, 5) is 0. The maximum Gasteiger partial charge on any atom is 0.189 e. The zero-order valence-corrected chi connectivity index (χ0v) is 8.75. The number of benzene rings is 1. The Morgan fingerprint density at radius 1 is 1.43 bits per heavy atom. The van der Waals surface area contributed by atoms with Crippen LogP contribution in [0.5, 0.6) is 5.75 Å². The minimum absolute atomic E-state index is 0.310. The molecule has 0 N–H and O–H groups in total. The van der Waals surface area contributed by atoms with Crippen LogP contribution in [0.1, 0.15) is 18.1 Å². The summed E-state index contributed by atoms with van der Waals surface area (Å²) in [6.45, 7) is 8.64. The van der Waals surface area contributed by atoms with Gasteiger partial charge in [0.1, 0.15) is 5.75 Å². The highest BCUT2D eigenvalue weighted by Gasteiger charge is 1.98. The zero-order valence-electron chi connectivity index (χ0n) is 8.75. The molecule has 1 rings (SSSR count). The fourth-order valence-electron chi connectivity index (χ4n) is 1.15. The molecule has 76 valence electrons. The quantitative estimate of drug-likeness (QED) is 0.527. The highest BCUT2D eigenvalue weighted by atomic mass is 16.7. The third kappa shape index (κ3) is 2.89. The first-order chi connectivity index (χ1) is 6.77. The smallest absolute Gasteiger partial charge is 0.189 e. The molecule has 14 heavy (non-hydrogen) atoms. The molecule has 0 aliphatic carbocycles. The predicted molar refractivity (Wildman–Crippen MR) is 58.4 cm³/mol. The van der Waals surface area contributed by atoms with Crippen molar-refractivity contribution < 1.29 is 9.47 Å². The summed E-state index contributed by atoms with van der Waals surface area (Å²) in [5, 5.41) is 0. The van der Waals surface area contributed by atoms with E-state index < -0.39 is 0 Å². The van der Waals surface area contributed by atoms with Crippen molar-refractivity contribution in [3.63, 3.8) is 0 Å². The third-order valence-corrected chi connectivity index (χ3v) is 1.94. The maximum atomic E-state index is 5.42. The van der Waals surface area contributed by atoms with Crippen LogP contribution >= 0.6 is 0 Å². The van der Waals surface area contributed by atoms with Gasteiger partial charge < -0.3 is 9.47 Å². The lowest BCUT2D eigenvalue weighted by Gasteiger charge is -2.09. The molecule has 0 fully saturated rings. The predicted octanol–water partition coefficient (Wildman–Crippen LogP) is 3.01. The van der Waals surface area contributed by atoms with Crippen LogP contribution in [0.4, 0.5) is 0 Å². The highest BCUT2D eigenvalue weighted by Crippen LogP contribution is 2.19. The van der Waals surface area contributed by atoms with Gasteiger partial charge in [-0.25, -0.2) is 0 Å². The van der Waals surface area contributed by atoms with Crippen LogP contribution in [0.2, 0.25) is 0 Å². The molecule has 0 bridgehead atoms. The molecule has 2 heteroatoms. The second kappa shape index (κ2) is 5.45. The lowest BCUT2D eigenvalue weighted by Crippen LogP contribution is -2.03. The van der Waals surface area contributed by atoms with E-state index in [1.54, 1.807) is 0 Å². The average molecular weight is 192 g/mol. The van der Waals surface area contributed by atoms with Crippen LogP contribution in [-0.4, -0.2) is 13.4 Å². The van der Waals surface area contributed by atoms with Crippen LogP contribution in [0, 0.1) is 6.92 Å². The molecule has 0 spiro atoms. The molecular weight excluding hydrogens is 176 g/mol. The zero-order chi connectivity index (χ0) is 10.4. The van der Waals surface area contributed by atoms with Gasteiger partial charge in [0.2, 0.25) is 0 Å². The van der Waals surface area contributed by atoms with Crippen molar-refractivity contribution in [2.75, 3.05) is 13.4 Å². The molecule has 0 saturated carbocycles. The summed E-state index contributed by atoms with van der Waals surface area (Å²) in [5.74, 6) is 0.865. The van der Waals surface area contributed by atoms with Gasteiger partial charge in [0.15, 0.2) is 6.79 Å². The first-order valence-electron chi connectivity index (χ1n) is 4.71. The van der Waals surface area contributed by atoms with Gasteiger partial charge >= 0.3 is 0 Å². The van der Waals surface area contributed by atoms with E-state index in [9.17, 15) is 0 Å². The summed E-state index contributed by atoms with van der Waals surface area (Å²) in [7, 11) is 0. The van der Waals surface area contributed by atoms with E-state index in [1.807, 2.05) is 38.1 Å². The normalized spacial score (nSPS) is 9.86. The Bertz CT molecular complexity index is 305. The standard InChI is InChI=1S/C12H16O2/c1-4-11-6-7-12(10(3)8-11)14-9-13-5-2/h4,6-8H,1,5,9H2,2-3H3. The van der Waals surface area contributed by atoms with E-state index in [4.69, 9.17) is 9.47 Å². The van der Waals surface area contributed by atoms with E-state index in [0.29, 0.717) is 13.4 Å². The minimum Gasteiger partial charge on any atom is -0.467 e. The second-order valence-electron chi connectivity index (χ2n) is 2.98. The molecule has 0 aliphatic heterocycles. The van der Waals surface area contributed by atoms with Gasteiger partial charge in [0, 0.05) is 6.61 Å². The van der Waals surface area contributed by atoms with Gasteiger partial charge in [-0.2, -0.15) is 0 Å². The van der Waals surface area contributed by atoms with Gasteiger partial charge in [0.05, 0.1) is 0 Å². The Morgan fingerprint density at radius 3 is 2.79 bits per heavy atom. The van der Waals surface area contributed by atoms with E-state index in [-0.39, 0.29) is 0 Å². The van der Waals surface area contributed by atoms with E-state index in [0.717, 1.165) is 16.9 Å². The molecule has 0 amide bonds. The van der Waals surface area contributed by atoms with Crippen molar-refractivity contribution in [3.8, 4) is 5.75 Å². The molecule has 1 aromatic rings. The van der Waals surface area contributed by atoms with Crippen molar-refractivity contribution in [1.29, 1.82) is 0 Å². The minimum atomic E-state index is 0.310. The molecular formula is C12H16O2. The summed E-state index contributed by atoms with van der Waals surface area (Å²) in [6, 6.07) is 5.95. The van der Waals surface area contributed by atoms with E-state index in [2.05, 4.69) is 6.58 Å². The number of aryl methyl sites for hydroxylation is 1. The van der Waals surface area contributed by atoms with Crippen LogP contribution in [0.25, 0.3) is 6.08 Å². The lowest BCUT2D eigenvalue weighted by molar-refractivity contribution is 0.0220. The van der Waals surface area contributed by atoms with Crippen LogP contribution in [-0.2, 0) is 4.74 Å². The molecule has 1 aromatic carbocycles. The molecule has 2 nitrogen and oxygen atoms in total. The molecule has 0 aliphatic rings. The Balaban J connectivity index is 2.64. The van der Waals surface area contributed by atoms with E-state index >= 15 is 0 Å². The molecule has 0 radical (unpaired) electrons. The van der Waals surface area contributed by atoms with Crippen LogP contribution in [0.15, 0.2) is 24.8 Å². The Morgan fingerprint density at radius 2 is 2.21 bits per heavy atom. The molecule has 0 aromatic heterocycles. The van der Waals surface area contributed by atoms with Gasteiger partial charge in [0.25, 0.3) is 0 Å². The average Bonchev–Trinajstić information content (AvgIpc) is 2.20. The van der Waals surface area contributed by atoms with Gasteiger partial charge in [-0.1, -0.05) is 18.7 Å². The fourth-order valence-corrected chi connectivity index (χ4v) is 1.15. The maximum absolute atomic E-state index is 5.42. The number of rotatable bonds is 5. The summed E-state index contributed by atoms with van der Waals surface area (Å²) in [6.07, 6.45) is 1.82. The summed E-state index contributed by atoms with van der Waals surface area (Å²) < 4.78 is 10.5. The van der Waals surface area contributed by atoms with E-state index in [1.165, 1.54) is 0 Å². The van der Waals surface area contributed by atoms with Crippen LogP contribution < -0.4 is 4.74 Å². The van der Waals surface area contributed by atoms with Crippen molar-refractivity contribution in [2.45, 2.75) is 13.8 Å². The molecule has 0 saturated heterocycles. The molecule has 0 heterocycles. The van der Waals surface area contributed by atoms with Gasteiger partial charge in [-0.15, -0.1) is 0 Å². The fraction of sp³-hybridized carbons (Fsp3) is 0.333. The molecule has 0 unspecified atom stereocenters. The monoisotopic (exact) mass is 192 g/mol. The van der Waals surface area contributed by atoms with Crippen molar-refractivity contribution >= 4 is 6.08 Å². The number of ether oxygens (including phenoxy) is 2. The van der Waals surface area contributed by atoms with Crippen molar-refractivity contribution in [3.05, 3.63) is 35.9 Å². The van der Waals surface area contributed by atoms with Crippen molar-refractivity contribution in [2.24, 2.45) is 0 Å². The first-order valence-corrected chi connectivity index (χ1v) is 4.71. The summed E-state index contributed by atoms with van der Waals surface area (Å²) in [5.41, 5.74) is 2.20. The first kappa shape index (κ1) is 10.8. The topological polar surface area (TPSA) is 18.5 Å². The SMILES string of the molecule is C=Cc1ccc(OCOCC)c(C)c1. The lowest BCUT2D eigenvalue weighted by atomic mass is 10.1.